The highest BCUT2D eigenvalue weighted by molar-refractivity contribution is 5.79. The summed E-state index contributed by atoms with van der Waals surface area (Å²) < 4.78 is 10.8. The zero-order valence-electron chi connectivity index (χ0n) is 16.1. The minimum Gasteiger partial charge on any atom is -0.454 e. The summed E-state index contributed by atoms with van der Waals surface area (Å²) in [4.78, 5) is 17.2. The molecule has 0 aromatic heterocycles. The number of carbonyl (C=O) groups excluding carboxylic acids is 1. The molecule has 0 spiro atoms. The topological polar surface area (TPSA) is 42.0 Å². The molecule has 2 heterocycles. The second-order valence-electron chi connectivity index (χ2n) is 7.71. The number of rotatable bonds is 4. The molecule has 2 aromatic carbocycles. The van der Waals surface area contributed by atoms with Gasteiger partial charge in [-0.3, -0.25) is 4.79 Å². The monoisotopic (exact) mass is 366 g/mol. The molecule has 1 saturated heterocycles. The molecule has 0 N–H and O–H groups in total. The summed E-state index contributed by atoms with van der Waals surface area (Å²) in [6.07, 6.45) is 0.386. The maximum Gasteiger partial charge on any atom is 0.231 e. The Morgan fingerprint density at radius 1 is 1.07 bits per heavy atom. The van der Waals surface area contributed by atoms with Crippen molar-refractivity contribution in [3.63, 3.8) is 0 Å². The number of fused-ring (bicyclic) bond motifs is 1. The molecule has 2 atom stereocenters. The molecule has 5 heteroatoms. The van der Waals surface area contributed by atoms with Crippen LogP contribution < -0.4 is 9.47 Å². The average molecular weight is 366 g/mol. The van der Waals surface area contributed by atoms with Gasteiger partial charge in [0, 0.05) is 25.0 Å². The van der Waals surface area contributed by atoms with E-state index in [1.165, 1.54) is 11.1 Å². The summed E-state index contributed by atoms with van der Waals surface area (Å²) in [6, 6.07) is 14.8. The lowest BCUT2D eigenvalue weighted by molar-refractivity contribution is -0.129. The molecule has 4 rings (SSSR count). The maximum atomic E-state index is 12.9. The number of ether oxygens (including phenoxy) is 2. The zero-order valence-corrected chi connectivity index (χ0v) is 16.1. The number of carbonyl (C=O) groups is 1. The van der Waals surface area contributed by atoms with Crippen molar-refractivity contribution in [2.24, 2.45) is 0 Å². The number of hydrogen-bond acceptors (Lipinski definition) is 4. The molecule has 2 aliphatic heterocycles. The highest BCUT2D eigenvalue weighted by Gasteiger charge is 2.37. The highest BCUT2D eigenvalue weighted by atomic mass is 16.7. The molecule has 0 aliphatic carbocycles. The third kappa shape index (κ3) is 3.65. The van der Waals surface area contributed by atoms with E-state index in [9.17, 15) is 4.79 Å². The van der Waals surface area contributed by atoms with E-state index in [-0.39, 0.29) is 12.7 Å². The summed E-state index contributed by atoms with van der Waals surface area (Å²) in [5.74, 6) is 1.97. The van der Waals surface area contributed by atoms with Crippen LogP contribution in [0.25, 0.3) is 0 Å². The standard InChI is InChI=1S/C22H26N2O3/c1-15-4-7-17(8-5-15)18-12-24(13-19(18)23(2)3)22(25)11-16-6-9-20-21(10-16)27-14-26-20/h4-10,18-19H,11-14H2,1-3H3/t18-,19+/m1/s1. The molecule has 0 unspecified atom stereocenters. The van der Waals surface area contributed by atoms with Crippen LogP contribution in [0.4, 0.5) is 0 Å². The molecular formula is C22H26N2O3. The van der Waals surface area contributed by atoms with Crippen molar-refractivity contribution in [1.82, 2.24) is 9.80 Å². The number of amides is 1. The van der Waals surface area contributed by atoms with Crippen molar-refractivity contribution in [2.75, 3.05) is 34.0 Å². The van der Waals surface area contributed by atoms with Gasteiger partial charge in [-0.15, -0.1) is 0 Å². The van der Waals surface area contributed by atoms with Crippen LogP contribution in [0.15, 0.2) is 42.5 Å². The largest absolute Gasteiger partial charge is 0.454 e. The van der Waals surface area contributed by atoms with Gasteiger partial charge in [0.2, 0.25) is 12.7 Å². The van der Waals surface area contributed by atoms with Gasteiger partial charge in [0.1, 0.15) is 0 Å². The van der Waals surface area contributed by atoms with Crippen LogP contribution in [0.2, 0.25) is 0 Å². The van der Waals surface area contributed by atoms with Crippen LogP contribution in [0, 0.1) is 6.92 Å². The summed E-state index contributed by atoms with van der Waals surface area (Å²) in [5.41, 5.74) is 3.52. The van der Waals surface area contributed by atoms with Crippen molar-refractivity contribution >= 4 is 5.91 Å². The Bertz CT molecular complexity index is 832. The normalized spacial score (nSPS) is 21.1. The zero-order chi connectivity index (χ0) is 19.0. The van der Waals surface area contributed by atoms with E-state index in [2.05, 4.69) is 50.2 Å². The minimum atomic E-state index is 0.162. The molecule has 1 amide bonds. The fourth-order valence-corrected chi connectivity index (χ4v) is 3.99. The molecule has 5 nitrogen and oxygen atoms in total. The predicted molar refractivity (Wildman–Crippen MR) is 104 cm³/mol. The van der Waals surface area contributed by atoms with E-state index in [0.29, 0.717) is 18.4 Å². The highest BCUT2D eigenvalue weighted by Crippen LogP contribution is 2.34. The van der Waals surface area contributed by atoms with Crippen LogP contribution in [0.1, 0.15) is 22.6 Å². The fraction of sp³-hybridized carbons (Fsp3) is 0.409. The number of aryl methyl sites for hydroxylation is 1. The number of hydrogen-bond donors (Lipinski definition) is 0. The number of benzene rings is 2. The summed E-state index contributed by atoms with van der Waals surface area (Å²) >= 11 is 0. The minimum absolute atomic E-state index is 0.162. The third-order valence-electron chi connectivity index (χ3n) is 5.60. The van der Waals surface area contributed by atoms with Gasteiger partial charge < -0.3 is 19.3 Å². The molecule has 0 radical (unpaired) electrons. The van der Waals surface area contributed by atoms with Crippen LogP contribution in [0.3, 0.4) is 0 Å². The van der Waals surface area contributed by atoms with Gasteiger partial charge in [0.15, 0.2) is 11.5 Å². The molecule has 0 bridgehead atoms. The second-order valence-corrected chi connectivity index (χ2v) is 7.71. The Kier molecular flexibility index (Phi) is 4.79. The van der Waals surface area contributed by atoms with Crippen LogP contribution in [0.5, 0.6) is 11.5 Å². The van der Waals surface area contributed by atoms with Gasteiger partial charge in [-0.05, 0) is 44.3 Å². The quantitative estimate of drug-likeness (QED) is 0.835. The summed E-state index contributed by atoms with van der Waals surface area (Å²) in [5, 5.41) is 0. The molecule has 142 valence electrons. The van der Waals surface area contributed by atoms with E-state index in [4.69, 9.17) is 9.47 Å². The number of likely N-dealkylation sites (tertiary alicyclic amines) is 1. The first-order valence-corrected chi connectivity index (χ1v) is 9.40. The van der Waals surface area contributed by atoms with Crippen molar-refractivity contribution in [2.45, 2.75) is 25.3 Å². The van der Waals surface area contributed by atoms with E-state index in [0.717, 1.165) is 30.2 Å². The third-order valence-corrected chi connectivity index (χ3v) is 5.60. The Balaban J connectivity index is 1.48. The molecule has 1 fully saturated rings. The van der Waals surface area contributed by atoms with E-state index in [1.807, 2.05) is 23.1 Å². The molecule has 2 aromatic rings. The Hall–Kier alpha value is -2.53. The summed E-state index contributed by atoms with van der Waals surface area (Å²) in [7, 11) is 4.19. The predicted octanol–water partition coefficient (Wildman–Crippen LogP) is 2.82. The summed E-state index contributed by atoms with van der Waals surface area (Å²) in [6.45, 7) is 3.87. The SMILES string of the molecule is Cc1ccc([C@H]2CN(C(=O)Cc3ccc4c(c3)OCO4)C[C@@H]2N(C)C)cc1. The number of likely N-dealkylation sites (N-methyl/N-ethyl adjacent to an activating group) is 1. The lowest BCUT2D eigenvalue weighted by Crippen LogP contribution is -2.36. The first kappa shape index (κ1) is 17.9. The smallest absolute Gasteiger partial charge is 0.231 e. The second kappa shape index (κ2) is 7.24. The number of nitrogens with zero attached hydrogens (tertiary/aromatic N) is 2. The Labute approximate surface area is 160 Å². The lowest BCUT2D eigenvalue weighted by Gasteiger charge is -2.25. The van der Waals surface area contributed by atoms with Crippen molar-refractivity contribution < 1.29 is 14.3 Å². The average Bonchev–Trinajstić information content (AvgIpc) is 3.29. The molecule has 2 aliphatic rings. The first-order chi connectivity index (χ1) is 13.0. The first-order valence-electron chi connectivity index (χ1n) is 9.40. The fourth-order valence-electron chi connectivity index (χ4n) is 3.99. The van der Waals surface area contributed by atoms with Gasteiger partial charge in [0.05, 0.1) is 6.42 Å². The van der Waals surface area contributed by atoms with Gasteiger partial charge >= 0.3 is 0 Å². The lowest BCUT2D eigenvalue weighted by atomic mass is 9.93. The van der Waals surface area contributed by atoms with Crippen molar-refractivity contribution in [3.8, 4) is 11.5 Å². The van der Waals surface area contributed by atoms with E-state index < -0.39 is 0 Å². The molecule has 27 heavy (non-hydrogen) atoms. The van der Waals surface area contributed by atoms with Gasteiger partial charge in [-0.2, -0.15) is 0 Å². The maximum absolute atomic E-state index is 12.9. The Morgan fingerprint density at radius 3 is 2.56 bits per heavy atom. The van der Waals surface area contributed by atoms with Crippen LogP contribution in [-0.4, -0.2) is 55.7 Å². The molecule has 0 saturated carbocycles. The van der Waals surface area contributed by atoms with Crippen LogP contribution >= 0.6 is 0 Å². The van der Waals surface area contributed by atoms with Crippen LogP contribution in [-0.2, 0) is 11.2 Å². The van der Waals surface area contributed by atoms with Crippen molar-refractivity contribution in [1.29, 1.82) is 0 Å². The Morgan fingerprint density at radius 2 is 1.81 bits per heavy atom. The van der Waals surface area contributed by atoms with E-state index in [1.54, 1.807) is 0 Å². The van der Waals surface area contributed by atoms with Gasteiger partial charge in [-0.1, -0.05) is 35.9 Å². The van der Waals surface area contributed by atoms with Gasteiger partial charge in [-0.25, -0.2) is 0 Å². The van der Waals surface area contributed by atoms with E-state index >= 15 is 0 Å². The molecular weight excluding hydrogens is 340 g/mol. The van der Waals surface area contributed by atoms with Gasteiger partial charge in [0.25, 0.3) is 0 Å². The van der Waals surface area contributed by atoms with Crippen molar-refractivity contribution in [3.05, 3.63) is 59.2 Å².